The first-order valence-electron chi connectivity index (χ1n) is 8.27. The van der Waals surface area contributed by atoms with Gasteiger partial charge in [-0.05, 0) is 30.3 Å². The van der Waals surface area contributed by atoms with E-state index in [1.165, 1.54) is 0 Å². The zero-order valence-corrected chi connectivity index (χ0v) is 14.9. The van der Waals surface area contributed by atoms with E-state index < -0.39 is 5.97 Å². The zero-order valence-electron chi connectivity index (χ0n) is 14.1. The average Bonchev–Trinajstić information content (AvgIpc) is 2.63. The predicted molar refractivity (Wildman–Crippen MR) is 104 cm³/mol. The summed E-state index contributed by atoms with van der Waals surface area (Å²) >= 11 is 6.03. The third kappa shape index (κ3) is 3.39. The van der Waals surface area contributed by atoms with E-state index in [2.05, 4.69) is 5.32 Å². The molecule has 27 heavy (non-hydrogen) atoms. The largest absolute Gasteiger partial charge is 0.507 e. The van der Waals surface area contributed by atoms with Crippen molar-refractivity contribution < 1.29 is 19.4 Å². The molecule has 0 aliphatic carbocycles. The molecule has 0 radical (unpaired) electrons. The van der Waals surface area contributed by atoms with Crippen LogP contribution < -0.4 is 15.0 Å². The molecule has 136 valence electrons. The number of hydrogen-bond donors (Lipinski definition) is 2. The standard InChI is InChI=1S/C20H15ClN2O4/c21-12-7-8-18-16(9-12)23(11-20(26)27-18)10-19(25)22-15-5-1-4-14-13(15)3-2-6-17(14)24/h1-9,24H,10-11H2,(H,22,25). The summed E-state index contributed by atoms with van der Waals surface area (Å²) in [5.74, 6) is -0.219. The number of fused-ring (bicyclic) bond motifs is 2. The maximum atomic E-state index is 12.6. The van der Waals surface area contributed by atoms with E-state index in [0.29, 0.717) is 27.5 Å². The fourth-order valence-corrected chi connectivity index (χ4v) is 3.29. The first kappa shape index (κ1) is 17.2. The fraction of sp³-hybridized carbons (Fsp3) is 0.100. The van der Waals surface area contributed by atoms with Crippen LogP contribution in [0.2, 0.25) is 5.02 Å². The molecule has 0 spiro atoms. The van der Waals surface area contributed by atoms with E-state index in [9.17, 15) is 14.7 Å². The van der Waals surface area contributed by atoms with Gasteiger partial charge in [-0.25, -0.2) is 4.79 Å². The van der Waals surface area contributed by atoms with Crippen molar-refractivity contribution in [3.63, 3.8) is 0 Å². The maximum Gasteiger partial charge on any atom is 0.331 e. The van der Waals surface area contributed by atoms with Crippen molar-refractivity contribution >= 4 is 45.6 Å². The number of anilines is 2. The summed E-state index contributed by atoms with van der Waals surface area (Å²) in [5, 5.41) is 14.7. The van der Waals surface area contributed by atoms with Crippen LogP contribution in [0.1, 0.15) is 0 Å². The van der Waals surface area contributed by atoms with Gasteiger partial charge in [-0.3, -0.25) is 4.79 Å². The number of phenolic OH excluding ortho intramolecular Hbond substituents is 1. The number of hydrogen-bond acceptors (Lipinski definition) is 5. The first-order chi connectivity index (χ1) is 13.0. The van der Waals surface area contributed by atoms with Crippen LogP contribution in [0.25, 0.3) is 10.8 Å². The van der Waals surface area contributed by atoms with E-state index in [4.69, 9.17) is 16.3 Å². The lowest BCUT2D eigenvalue weighted by Gasteiger charge is -2.29. The fourth-order valence-electron chi connectivity index (χ4n) is 3.13. The SMILES string of the molecule is O=C(CN1CC(=O)Oc2ccc(Cl)cc21)Nc1cccc2c(O)cccc12. The summed E-state index contributed by atoms with van der Waals surface area (Å²) in [6.07, 6.45) is 0. The molecule has 1 heterocycles. The molecule has 0 atom stereocenters. The van der Waals surface area contributed by atoms with Gasteiger partial charge in [-0.2, -0.15) is 0 Å². The Labute approximate surface area is 159 Å². The summed E-state index contributed by atoms with van der Waals surface area (Å²) in [6.45, 7) is -0.0886. The molecular weight excluding hydrogens is 368 g/mol. The molecule has 3 aromatic carbocycles. The second kappa shape index (κ2) is 6.81. The Morgan fingerprint density at radius 3 is 2.78 bits per heavy atom. The van der Waals surface area contributed by atoms with Crippen LogP contribution in [0.3, 0.4) is 0 Å². The highest BCUT2D eigenvalue weighted by atomic mass is 35.5. The minimum atomic E-state index is -0.437. The first-order valence-corrected chi connectivity index (χ1v) is 8.65. The number of benzene rings is 3. The molecule has 0 aromatic heterocycles. The number of carbonyl (C=O) groups excluding carboxylic acids is 2. The predicted octanol–water partition coefficient (Wildman–Crippen LogP) is 3.56. The molecule has 2 N–H and O–H groups in total. The van der Waals surface area contributed by atoms with Crippen LogP contribution in [0, 0.1) is 0 Å². The van der Waals surface area contributed by atoms with Crippen LogP contribution in [0.4, 0.5) is 11.4 Å². The van der Waals surface area contributed by atoms with Gasteiger partial charge in [0.1, 0.15) is 12.3 Å². The van der Waals surface area contributed by atoms with Crippen molar-refractivity contribution in [3.05, 3.63) is 59.6 Å². The number of rotatable bonds is 3. The second-order valence-corrected chi connectivity index (χ2v) is 6.60. The monoisotopic (exact) mass is 382 g/mol. The van der Waals surface area contributed by atoms with E-state index in [1.807, 2.05) is 6.07 Å². The molecule has 4 rings (SSSR count). The number of nitrogens with zero attached hydrogens (tertiary/aromatic N) is 1. The molecule has 0 saturated carbocycles. The molecule has 3 aromatic rings. The van der Waals surface area contributed by atoms with E-state index in [0.717, 1.165) is 5.39 Å². The van der Waals surface area contributed by atoms with Gasteiger partial charge in [0.2, 0.25) is 5.91 Å². The van der Waals surface area contributed by atoms with Crippen LogP contribution in [-0.2, 0) is 9.59 Å². The number of carbonyl (C=O) groups is 2. The number of esters is 1. The lowest BCUT2D eigenvalue weighted by atomic mass is 10.1. The Balaban J connectivity index is 1.58. The van der Waals surface area contributed by atoms with Gasteiger partial charge in [-0.15, -0.1) is 0 Å². The van der Waals surface area contributed by atoms with Gasteiger partial charge in [0.05, 0.1) is 12.2 Å². The van der Waals surface area contributed by atoms with Crippen LogP contribution in [0.5, 0.6) is 11.5 Å². The highest BCUT2D eigenvalue weighted by Crippen LogP contribution is 2.34. The molecule has 0 fully saturated rings. The third-order valence-corrected chi connectivity index (χ3v) is 4.55. The number of aromatic hydroxyl groups is 1. The highest BCUT2D eigenvalue weighted by Gasteiger charge is 2.26. The van der Waals surface area contributed by atoms with Crippen molar-refractivity contribution in [2.24, 2.45) is 0 Å². The zero-order chi connectivity index (χ0) is 19.0. The number of amides is 1. The highest BCUT2D eigenvalue weighted by molar-refractivity contribution is 6.31. The summed E-state index contributed by atoms with van der Waals surface area (Å²) in [4.78, 5) is 26.0. The van der Waals surface area contributed by atoms with Gasteiger partial charge in [0.25, 0.3) is 0 Å². The molecule has 0 bridgehead atoms. The molecular formula is C20H15ClN2O4. The van der Waals surface area contributed by atoms with Crippen molar-refractivity contribution in [2.75, 3.05) is 23.3 Å². The summed E-state index contributed by atoms with van der Waals surface area (Å²) in [6, 6.07) is 15.3. The Morgan fingerprint density at radius 2 is 1.93 bits per heavy atom. The van der Waals surface area contributed by atoms with E-state index in [1.54, 1.807) is 53.4 Å². The Bertz CT molecular complexity index is 1070. The minimum absolute atomic E-state index is 0.0440. The molecule has 7 heteroatoms. The Kier molecular flexibility index (Phi) is 4.33. The Hall–Kier alpha value is -3.25. The van der Waals surface area contributed by atoms with Gasteiger partial charge in [0.15, 0.2) is 5.75 Å². The van der Waals surface area contributed by atoms with Crippen molar-refractivity contribution in [2.45, 2.75) is 0 Å². The molecule has 1 amide bonds. The van der Waals surface area contributed by atoms with Gasteiger partial charge in [0, 0.05) is 21.5 Å². The minimum Gasteiger partial charge on any atom is -0.507 e. The summed E-state index contributed by atoms with van der Waals surface area (Å²) < 4.78 is 5.19. The molecule has 6 nitrogen and oxygen atoms in total. The second-order valence-electron chi connectivity index (χ2n) is 6.17. The number of halogens is 1. The van der Waals surface area contributed by atoms with E-state index >= 15 is 0 Å². The van der Waals surface area contributed by atoms with Crippen molar-refractivity contribution in [3.8, 4) is 11.5 Å². The average molecular weight is 383 g/mol. The molecule has 0 unspecified atom stereocenters. The topological polar surface area (TPSA) is 78.9 Å². The van der Waals surface area contributed by atoms with Gasteiger partial charge < -0.3 is 20.1 Å². The smallest absolute Gasteiger partial charge is 0.331 e. The number of nitrogens with one attached hydrogen (secondary N) is 1. The number of phenols is 1. The van der Waals surface area contributed by atoms with Crippen LogP contribution in [-0.4, -0.2) is 30.1 Å². The van der Waals surface area contributed by atoms with Crippen LogP contribution in [0.15, 0.2) is 54.6 Å². The molecule has 1 aliphatic heterocycles. The van der Waals surface area contributed by atoms with Crippen molar-refractivity contribution in [1.29, 1.82) is 0 Å². The summed E-state index contributed by atoms with van der Waals surface area (Å²) in [7, 11) is 0. The lowest BCUT2D eigenvalue weighted by molar-refractivity contribution is -0.133. The van der Waals surface area contributed by atoms with Crippen molar-refractivity contribution in [1.82, 2.24) is 0 Å². The third-order valence-electron chi connectivity index (χ3n) is 4.31. The molecule has 0 saturated heterocycles. The maximum absolute atomic E-state index is 12.6. The van der Waals surface area contributed by atoms with E-state index in [-0.39, 0.29) is 24.7 Å². The normalized spacial score (nSPS) is 13.2. The van der Waals surface area contributed by atoms with Gasteiger partial charge in [-0.1, -0.05) is 35.9 Å². The molecule has 1 aliphatic rings. The number of ether oxygens (including phenoxy) is 1. The summed E-state index contributed by atoms with van der Waals surface area (Å²) in [5.41, 5.74) is 1.17. The van der Waals surface area contributed by atoms with Gasteiger partial charge >= 0.3 is 5.97 Å². The quantitative estimate of drug-likeness (QED) is 0.535. The Morgan fingerprint density at radius 1 is 1.15 bits per heavy atom. The lowest BCUT2D eigenvalue weighted by Crippen LogP contribution is -2.41. The van der Waals surface area contributed by atoms with Crippen LogP contribution >= 0.6 is 11.6 Å².